The molecule has 0 radical (unpaired) electrons. The van der Waals surface area contributed by atoms with Crippen molar-refractivity contribution in [3.63, 3.8) is 0 Å². The fraction of sp³-hybridized carbons (Fsp3) is 0.462. The molecule has 2 aromatic heterocycles. The quantitative estimate of drug-likeness (QED) is 0.871. The molecule has 2 heterocycles. The van der Waals surface area contributed by atoms with Crippen molar-refractivity contribution in [2.45, 2.75) is 27.3 Å². The Kier molecular flexibility index (Phi) is 4.04. The number of aromatic nitrogens is 4. The van der Waals surface area contributed by atoms with Crippen molar-refractivity contribution in [1.29, 1.82) is 0 Å². The fourth-order valence-corrected chi connectivity index (χ4v) is 1.71. The van der Waals surface area contributed by atoms with Crippen molar-refractivity contribution in [1.82, 2.24) is 24.8 Å². The molecule has 1 N–H and O–H groups in total. The maximum Gasteiger partial charge on any atom is 0.156 e. The van der Waals surface area contributed by atoms with Crippen molar-refractivity contribution in [3.8, 4) is 5.82 Å². The van der Waals surface area contributed by atoms with Crippen LogP contribution in [0.5, 0.6) is 0 Å². The molecule has 0 saturated heterocycles. The Morgan fingerprint density at radius 1 is 1.33 bits per heavy atom. The number of hydrogen-bond acceptors (Lipinski definition) is 4. The van der Waals surface area contributed by atoms with Gasteiger partial charge in [0.2, 0.25) is 0 Å². The molecule has 96 valence electrons. The largest absolute Gasteiger partial charge is 0.311 e. The third kappa shape index (κ3) is 3.13. The van der Waals surface area contributed by atoms with E-state index in [1.807, 2.05) is 17.7 Å². The van der Waals surface area contributed by atoms with E-state index in [1.54, 1.807) is 18.6 Å². The molecule has 0 fully saturated rings. The van der Waals surface area contributed by atoms with Crippen LogP contribution >= 0.6 is 0 Å². The number of rotatable bonds is 5. The van der Waals surface area contributed by atoms with Gasteiger partial charge in [0, 0.05) is 25.1 Å². The summed E-state index contributed by atoms with van der Waals surface area (Å²) in [6, 6.07) is 0. The number of hydrogen-bond donors (Lipinski definition) is 1. The van der Waals surface area contributed by atoms with E-state index in [2.05, 4.69) is 34.1 Å². The molecule has 18 heavy (non-hydrogen) atoms. The van der Waals surface area contributed by atoms with E-state index < -0.39 is 0 Å². The van der Waals surface area contributed by atoms with E-state index in [0.717, 1.165) is 30.4 Å². The van der Waals surface area contributed by atoms with Crippen molar-refractivity contribution < 1.29 is 0 Å². The lowest BCUT2D eigenvalue weighted by Gasteiger charge is -2.08. The van der Waals surface area contributed by atoms with Crippen LogP contribution in [-0.4, -0.2) is 26.1 Å². The first-order chi connectivity index (χ1) is 8.66. The van der Waals surface area contributed by atoms with Gasteiger partial charge in [0.15, 0.2) is 5.82 Å². The first kappa shape index (κ1) is 12.7. The summed E-state index contributed by atoms with van der Waals surface area (Å²) in [7, 11) is 0. The van der Waals surface area contributed by atoms with Gasteiger partial charge in [-0.15, -0.1) is 0 Å². The zero-order chi connectivity index (χ0) is 13.0. The minimum atomic E-state index is 0.636. The minimum Gasteiger partial charge on any atom is -0.311 e. The SMILES string of the molecule is Cc1nccn1-c1cncc(CNCC(C)C)n1. The lowest BCUT2D eigenvalue weighted by molar-refractivity contribution is 0.547. The standard InChI is InChI=1S/C13H19N5/c1-10(2)6-14-7-12-8-15-9-13(17-12)18-5-4-16-11(18)3/h4-5,8-10,14H,6-7H2,1-3H3. The van der Waals surface area contributed by atoms with E-state index in [4.69, 9.17) is 0 Å². The molecule has 0 spiro atoms. The van der Waals surface area contributed by atoms with E-state index in [0.29, 0.717) is 5.92 Å². The molecule has 0 aliphatic rings. The molecular weight excluding hydrogens is 226 g/mol. The normalized spacial score (nSPS) is 11.1. The zero-order valence-corrected chi connectivity index (χ0v) is 11.1. The Morgan fingerprint density at radius 2 is 2.17 bits per heavy atom. The summed E-state index contributed by atoms with van der Waals surface area (Å²) in [5, 5.41) is 3.36. The summed E-state index contributed by atoms with van der Waals surface area (Å²) in [4.78, 5) is 13.0. The second-order valence-electron chi connectivity index (χ2n) is 4.74. The summed E-state index contributed by atoms with van der Waals surface area (Å²) in [6.45, 7) is 8.04. The van der Waals surface area contributed by atoms with Gasteiger partial charge in [0.1, 0.15) is 5.82 Å². The van der Waals surface area contributed by atoms with Gasteiger partial charge in [-0.25, -0.2) is 9.97 Å². The second-order valence-corrected chi connectivity index (χ2v) is 4.74. The summed E-state index contributed by atoms with van der Waals surface area (Å²) >= 11 is 0. The minimum absolute atomic E-state index is 0.636. The average molecular weight is 245 g/mol. The Balaban J connectivity index is 2.08. The van der Waals surface area contributed by atoms with Gasteiger partial charge in [0.25, 0.3) is 0 Å². The van der Waals surface area contributed by atoms with Crippen LogP contribution < -0.4 is 5.32 Å². The van der Waals surface area contributed by atoms with Crippen LogP contribution in [0, 0.1) is 12.8 Å². The summed E-state index contributed by atoms with van der Waals surface area (Å²) in [6.07, 6.45) is 7.20. The average Bonchev–Trinajstić information content (AvgIpc) is 2.75. The summed E-state index contributed by atoms with van der Waals surface area (Å²) in [5.41, 5.74) is 0.946. The molecule has 0 aliphatic heterocycles. The van der Waals surface area contributed by atoms with Crippen LogP contribution in [0.15, 0.2) is 24.8 Å². The third-order valence-electron chi connectivity index (χ3n) is 2.60. The molecule has 0 atom stereocenters. The molecule has 0 saturated carbocycles. The molecule has 0 unspecified atom stereocenters. The van der Waals surface area contributed by atoms with Gasteiger partial charge in [-0.2, -0.15) is 0 Å². The predicted octanol–water partition coefficient (Wildman–Crippen LogP) is 1.72. The molecule has 2 aromatic rings. The maximum absolute atomic E-state index is 4.57. The number of aryl methyl sites for hydroxylation is 1. The van der Waals surface area contributed by atoms with Crippen molar-refractivity contribution in [2.75, 3.05) is 6.54 Å². The summed E-state index contributed by atoms with van der Waals surface area (Å²) in [5.74, 6) is 2.36. The lowest BCUT2D eigenvalue weighted by atomic mass is 10.2. The fourth-order valence-electron chi connectivity index (χ4n) is 1.71. The Hall–Kier alpha value is -1.75. The topological polar surface area (TPSA) is 55.6 Å². The van der Waals surface area contributed by atoms with Gasteiger partial charge >= 0.3 is 0 Å². The highest BCUT2D eigenvalue weighted by Gasteiger charge is 2.04. The van der Waals surface area contributed by atoms with Crippen molar-refractivity contribution in [2.24, 2.45) is 5.92 Å². The monoisotopic (exact) mass is 245 g/mol. The molecule has 0 amide bonds. The Labute approximate surface area is 107 Å². The highest BCUT2D eigenvalue weighted by Crippen LogP contribution is 2.06. The number of imidazole rings is 1. The smallest absolute Gasteiger partial charge is 0.156 e. The first-order valence-electron chi connectivity index (χ1n) is 6.19. The van der Waals surface area contributed by atoms with Gasteiger partial charge in [-0.1, -0.05) is 13.8 Å². The van der Waals surface area contributed by atoms with Gasteiger partial charge in [0.05, 0.1) is 11.9 Å². The molecule has 0 aromatic carbocycles. The molecule has 5 nitrogen and oxygen atoms in total. The third-order valence-corrected chi connectivity index (χ3v) is 2.60. The van der Waals surface area contributed by atoms with Crippen LogP contribution in [0.25, 0.3) is 5.82 Å². The molecule has 2 rings (SSSR count). The predicted molar refractivity (Wildman–Crippen MR) is 70.4 cm³/mol. The van der Waals surface area contributed by atoms with E-state index in [9.17, 15) is 0 Å². The number of nitrogens with one attached hydrogen (secondary N) is 1. The van der Waals surface area contributed by atoms with Crippen LogP contribution in [0.3, 0.4) is 0 Å². The zero-order valence-electron chi connectivity index (χ0n) is 11.1. The Bertz CT molecular complexity index is 504. The maximum atomic E-state index is 4.57. The van der Waals surface area contributed by atoms with Crippen LogP contribution in [0.1, 0.15) is 25.4 Å². The van der Waals surface area contributed by atoms with E-state index in [-0.39, 0.29) is 0 Å². The molecule has 5 heteroatoms. The van der Waals surface area contributed by atoms with E-state index in [1.165, 1.54) is 0 Å². The van der Waals surface area contributed by atoms with Crippen LogP contribution in [-0.2, 0) is 6.54 Å². The molecular formula is C13H19N5. The lowest BCUT2D eigenvalue weighted by Crippen LogP contribution is -2.20. The summed E-state index contributed by atoms with van der Waals surface area (Å²) < 4.78 is 1.93. The Morgan fingerprint density at radius 3 is 2.83 bits per heavy atom. The van der Waals surface area contributed by atoms with E-state index >= 15 is 0 Å². The van der Waals surface area contributed by atoms with Crippen molar-refractivity contribution >= 4 is 0 Å². The highest BCUT2D eigenvalue weighted by atomic mass is 15.1. The first-order valence-corrected chi connectivity index (χ1v) is 6.19. The van der Waals surface area contributed by atoms with Gasteiger partial charge in [-0.3, -0.25) is 9.55 Å². The second kappa shape index (κ2) is 5.73. The molecule has 0 aliphatic carbocycles. The number of nitrogens with zero attached hydrogens (tertiary/aromatic N) is 4. The van der Waals surface area contributed by atoms with Gasteiger partial charge < -0.3 is 5.32 Å². The highest BCUT2D eigenvalue weighted by molar-refractivity contribution is 5.22. The van der Waals surface area contributed by atoms with Crippen LogP contribution in [0.4, 0.5) is 0 Å². The van der Waals surface area contributed by atoms with Gasteiger partial charge in [-0.05, 0) is 19.4 Å². The molecule has 0 bridgehead atoms. The van der Waals surface area contributed by atoms with Crippen molar-refractivity contribution in [3.05, 3.63) is 36.3 Å². The van der Waals surface area contributed by atoms with Crippen LogP contribution in [0.2, 0.25) is 0 Å².